The molecular formula is C23H22N2O7. The molecule has 2 heterocycles. The highest BCUT2D eigenvalue weighted by Gasteiger charge is 2.36. The molecule has 2 N–H and O–H groups in total. The molecule has 32 heavy (non-hydrogen) atoms. The summed E-state index contributed by atoms with van der Waals surface area (Å²) in [6, 6.07) is 9.77. The van der Waals surface area contributed by atoms with Crippen LogP contribution in [0.3, 0.4) is 0 Å². The standard InChI is InChI=1S/C23H22N2O7/c1-4-28-18-11-14(8-9-16(18)32-22(26)17-7-6-10-30-17)20-15(12-24)21(25)31-13(3)19(20)23(27)29-5-2/h6-11,20H,4-5,25H2,1-3H3. The highest BCUT2D eigenvalue weighted by Crippen LogP contribution is 2.42. The van der Waals surface area contributed by atoms with E-state index < -0.39 is 17.9 Å². The third kappa shape index (κ3) is 4.44. The molecule has 1 aliphatic rings. The first-order chi connectivity index (χ1) is 15.4. The van der Waals surface area contributed by atoms with Crippen LogP contribution < -0.4 is 15.2 Å². The van der Waals surface area contributed by atoms with Crippen molar-refractivity contribution in [3.63, 3.8) is 0 Å². The maximum absolute atomic E-state index is 12.7. The zero-order valence-corrected chi connectivity index (χ0v) is 17.8. The summed E-state index contributed by atoms with van der Waals surface area (Å²) in [5, 5.41) is 9.71. The van der Waals surface area contributed by atoms with Crippen LogP contribution in [0.4, 0.5) is 0 Å². The van der Waals surface area contributed by atoms with E-state index in [-0.39, 0.29) is 53.3 Å². The van der Waals surface area contributed by atoms with E-state index in [1.807, 2.05) is 6.07 Å². The molecule has 0 aliphatic carbocycles. The minimum Gasteiger partial charge on any atom is -0.490 e. The summed E-state index contributed by atoms with van der Waals surface area (Å²) in [6.07, 6.45) is 1.36. The number of furan rings is 1. The Morgan fingerprint density at radius 1 is 1.16 bits per heavy atom. The van der Waals surface area contributed by atoms with Crippen LogP contribution in [-0.2, 0) is 14.3 Å². The van der Waals surface area contributed by atoms with Crippen molar-refractivity contribution in [1.29, 1.82) is 5.26 Å². The number of carbonyl (C=O) groups excluding carboxylic acids is 2. The van der Waals surface area contributed by atoms with Crippen LogP contribution in [0.2, 0.25) is 0 Å². The van der Waals surface area contributed by atoms with Gasteiger partial charge in [0, 0.05) is 0 Å². The second-order valence-electron chi connectivity index (χ2n) is 6.62. The molecule has 0 radical (unpaired) electrons. The fourth-order valence-electron chi connectivity index (χ4n) is 3.29. The number of hydrogen-bond acceptors (Lipinski definition) is 9. The van der Waals surface area contributed by atoms with Crippen molar-refractivity contribution in [3.05, 3.63) is 70.7 Å². The van der Waals surface area contributed by atoms with Crippen molar-refractivity contribution < 1.29 is 33.0 Å². The number of nitrogens with two attached hydrogens (primary N) is 1. The topological polar surface area (TPSA) is 134 Å². The van der Waals surface area contributed by atoms with Gasteiger partial charge in [0.05, 0.1) is 31.0 Å². The van der Waals surface area contributed by atoms with E-state index >= 15 is 0 Å². The van der Waals surface area contributed by atoms with Crippen molar-refractivity contribution in [3.8, 4) is 17.6 Å². The SMILES string of the molecule is CCOC(=O)C1=C(C)OC(N)=C(C#N)C1c1ccc(OC(=O)c2ccco2)c(OCC)c1. The number of allylic oxidation sites excluding steroid dienone is 2. The second-order valence-corrected chi connectivity index (χ2v) is 6.62. The van der Waals surface area contributed by atoms with E-state index in [0.29, 0.717) is 5.56 Å². The molecule has 166 valence electrons. The molecule has 1 atom stereocenters. The summed E-state index contributed by atoms with van der Waals surface area (Å²) in [5.74, 6) is -1.61. The Balaban J connectivity index is 2.06. The first kappa shape index (κ1) is 22.5. The molecule has 1 unspecified atom stereocenters. The fraction of sp³-hybridized carbons (Fsp3) is 0.261. The summed E-state index contributed by atoms with van der Waals surface area (Å²) in [5.41, 5.74) is 6.65. The van der Waals surface area contributed by atoms with E-state index in [9.17, 15) is 14.9 Å². The van der Waals surface area contributed by atoms with Gasteiger partial charge in [0.1, 0.15) is 17.4 Å². The summed E-state index contributed by atoms with van der Waals surface area (Å²) in [4.78, 5) is 25.0. The van der Waals surface area contributed by atoms with E-state index in [0.717, 1.165) is 0 Å². The summed E-state index contributed by atoms with van der Waals surface area (Å²) in [7, 11) is 0. The van der Waals surface area contributed by atoms with Gasteiger partial charge in [-0.15, -0.1) is 0 Å². The lowest BCUT2D eigenvalue weighted by Gasteiger charge is -2.27. The van der Waals surface area contributed by atoms with E-state index in [2.05, 4.69) is 0 Å². The van der Waals surface area contributed by atoms with Gasteiger partial charge in [-0.05, 0) is 50.6 Å². The van der Waals surface area contributed by atoms with Crippen LogP contribution in [0.15, 0.2) is 63.8 Å². The Kier molecular flexibility index (Phi) is 6.85. The van der Waals surface area contributed by atoms with Crippen molar-refractivity contribution in [2.24, 2.45) is 5.73 Å². The van der Waals surface area contributed by atoms with E-state index in [4.69, 9.17) is 29.1 Å². The van der Waals surface area contributed by atoms with Gasteiger partial charge < -0.3 is 29.1 Å². The Morgan fingerprint density at radius 2 is 1.94 bits per heavy atom. The molecule has 0 saturated heterocycles. The first-order valence-corrected chi connectivity index (χ1v) is 9.89. The Bertz CT molecular complexity index is 1120. The zero-order chi connectivity index (χ0) is 23.3. The number of hydrogen-bond donors (Lipinski definition) is 1. The van der Waals surface area contributed by atoms with E-state index in [1.165, 1.54) is 18.4 Å². The molecule has 1 aromatic carbocycles. The van der Waals surface area contributed by atoms with Gasteiger partial charge in [-0.25, -0.2) is 9.59 Å². The third-order valence-electron chi connectivity index (χ3n) is 4.63. The highest BCUT2D eigenvalue weighted by atomic mass is 16.6. The van der Waals surface area contributed by atoms with Crippen molar-refractivity contribution in [2.45, 2.75) is 26.7 Å². The third-order valence-corrected chi connectivity index (χ3v) is 4.63. The Hall–Kier alpha value is -4.19. The van der Waals surface area contributed by atoms with Gasteiger partial charge in [-0.2, -0.15) is 5.26 Å². The predicted molar refractivity (Wildman–Crippen MR) is 111 cm³/mol. The van der Waals surface area contributed by atoms with Gasteiger partial charge in [0.25, 0.3) is 0 Å². The quantitative estimate of drug-likeness (QED) is 0.509. The Labute approximate surface area is 184 Å². The molecule has 0 saturated carbocycles. The lowest BCUT2D eigenvalue weighted by Crippen LogP contribution is -2.25. The van der Waals surface area contributed by atoms with Crippen LogP contribution in [-0.4, -0.2) is 25.2 Å². The monoisotopic (exact) mass is 438 g/mol. The maximum Gasteiger partial charge on any atom is 0.379 e. The number of nitrogens with zero attached hydrogens (tertiary/aromatic N) is 1. The molecule has 0 spiro atoms. The van der Waals surface area contributed by atoms with Gasteiger partial charge in [-0.3, -0.25) is 0 Å². The van der Waals surface area contributed by atoms with Crippen molar-refractivity contribution in [1.82, 2.24) is 0 Å². The second kappa shape index (κ2) is 9.75. The molecule has 1 aromatic heterocycles. The first-order valence-electron chi connectivity index (χ1n) is 9.89. The minimum absolute atomic E-state index is 0.0339. The van der Waals surface area contributed by atoms with Crippen molar-refractivity contribution in [2.75, 3.05) is 13.2 Å². The number of ether oxygens (including phenoxy) is 4. The van der Waals surface area contributed by atoms with Gasteiger partial charge >= 0.3 is 11.9 Å². The highest BCUT2D eigenvalue weighted by molar-refractivity contribution is 5.92. The predicted octanol–water partition coefficient (Wildman–Crippen LogP) is 3.54. The molecule has 0 amide bonds. The lowest BCUT2D eigenvalue weighted by atomic mass is 9.83. The molecule has 1 aliphatic heterocycles. The average Bonchev–Trinajstić information content (AvgIpc) is 3.30. The van der Waals surface area contributed by atoms with Crippen LogP contribution in [0.25, 0.3) is 0 Å². The molecule has 0 fully saturated rings. The van der Waals surface area contributed by atoms with Gasteiger partial charge in [-0.1, -0.05) is 6.07 Å². The number of rotatable bonds is 7. The molecule has 9 nitrogen and oxygen atoms in total. The molecule has 2 aromatic rings. The number of benzene rings is 1. The Morgan fingerprint density at radius 3 is 2.56 bits per heavy atom. The zero-order valence-electron chi connectivity index (χ0n) is 17.8. The number of esters is 2. The normalized spacial score (nSPS) is 15.6. The molecule has 0 bridgehead atoms. The molecule has 9 heteroatoms. The van der Waals surface area contributed by atoms with Crippen LogP contribution >= 0.6 is 0 Å². The summed E-state index contributed by atoms with van der Waals surface area (Å²) in [6.45, 7) is 5.45. The summed E-state index contributed by atoms with van der Waals surface area (Å²) < 4.78 is 26.7. The minimum atomic E-state index is -0.846. The summed E-state index contributed by atoms with van der Waals surface area (Å²) >= 11 is 0. The van der Waals surface area contributed by atoms with Gasteiger partial charge in [0.2, 0.25) is 11.6 Å². The largest absolute Gasteiger partial charge is 0.490 e. The van der Waals surface area contributed by atoms with Crippen LogP contribution in [0.5, 0.6) is 11.5 Å². The maximum atomic E-state index is 12.7. The van der Waals surface area contributed by atoms with Crippen LogP contribution in [0.1, 0.15) is 42.8 Å². The molecular weight excluding hydrogens is 416 g/mol. The van der Waals surface area contributed by atoms with Gasteiger partial charge in [0.15, 0.2) is 11.5 Å². The number of nitriles is 1. The smallest absolute Gasteiger partial charge is 0.379 e. The molecule has 3 rings (SSSR count). The van der Waals surface area contributed by atoms with E-state index in [1.54, 1.807) is 39.0 Å². The van der Waals surface area contributed by atoms with Crippen LogP contribution in [0, 0.1) is 11.3 Å². The fourth-order valence-corrected chi connectivity index (χ4v) is 3.29. The average molecular weight is 438 g/mol. The van der Waals surface area contributed by atoms with Crippen molar-refractivity contribution >= 4 is 11.9 Å². The number of carbonyl (C=O) groups is 2. The lowest BCUT2D eigenvalue weighted by molar-refractivity contribution is -0.139.